The normalized spacial score (nSPS) is 12.3. The summed E-state index contributed by atoms with van der Waals surface area (Å²) in [6.45, 7) is 4.32. The zero-order valence-corrected chi connectivity index (χ0v) is 14.0. The summed E-state index contributed by atoms with van der Waals surface area (Å²) in [5, 5.41) is 4.42. The fraction of sp³-hybridized carbons (Fsp3) is 0.250. The number of hydrogen-bond donors (Lipinski definition) is 2. The van der Waals surface area contributed by atoms with Crippen LogP contribution in [0.3, 0.4) is 0 Å². The summed E-state index contributed by atoms with van der Waals surface area (Å²) in [6, 6.07) is 17.3. The minimum atomic E-state index is -0.394. The van der Waals surface area contributed by atoms with Gasteiger partial charge in [0.2, 0.25) is 0 Å². The minimum absolute atomic E-state index is 0.113. The Bertz CT molecular complexity index is 809. The average molecular weight is 322 g/mol. The molecule has 2 N–H and O–H groups in total. The van der Waals surface area contributed by atoms with Gasteiger partial charge in [-0.2, -0.15) is 0 Å². The van der Waals surface area contributed by atoms with E-state index in [9.17, 15) is 4.79 Å². The Kier molecular flexibility index (Phi) is 4.85. The van der Waals surface area contributed by atoms with Crippen molar-refractivity contribution in [2.75, 3.05) is 5.32 Å². The maximum absolute atomic E-state index is 12.5. The van der Waals surface area contributed by atoms with E-state index in [0.29, 0.717) is 6.61 Å². The van der Waals surface area contributed by atoms with Gasteiger partial charge in [-0.15, -0.1) is 0 Å². The van der Waals surface area contributed by atoms with Gasteiger partial charge in [0.15, 0.2) is 0 Å². The van der Waals surface area contributed by atoms with Crippen LogP contribution < -0.4 is 5.32 Å². The van der Waals surface area contributed by atoms with Crippen LogP contribution in [0.15, 0.2) is 60.8 Å². The van der Waals surface area contributed by atoms with Gasteiger partial charge in [-0.3, -0.25) is 0 Å². The van der Waals surface area contributed by atoms with Gasteiger partial charge in [0, 0.05) is 22.8 Å². The van der Waals surface area contributed by atoms with Gasteiger partial charge in [0.25, 0.3) is 0 Å². The second kappa shape index (κ2) is 7.21. The summed E-state index contributed by atoms with van der Waals surface area (Å²) >= 11 is 0. The van der Waals surface area contributed by atoms with E-state index in [0.717, 1.165) is 22.2 Å². The summed E-state index contributed by atoms with van der Waals surface area (Å²) in [7, 11) is 0. The van der Waals surface area contributed by atoms with E-state index in [-0.39, 0.29) is 11.9 Å². The number of carbonyl (C=O) groups is 1. The third kappa shape index (κ3) is 3.59. The number of esters is 1. The highest BCUT2D eigenvalue weighted by molar-refractivity contribution is 5.93. The lowest BCUT2D eigenvalue weighted by molar-refractivity contribution is -0.146. The van der Waals surface area contributed by atoms with Crippen molar-refractivity contribution in [1.29, 1.82) is 0 Å². The van der Waals surface area contributed by atoms with Crippen molar-refractivity contribution in [2.24, 2.45) is 5.92 Å². The Hall–Kier alpha value is -2.75. The molecule has 124 valence electrons. The molecule has 1 atom stereocenters. The highest BCUT2D eigenvalue weighted by atomic mass is 16.5. The lowest BCUT2D eigenvalue weighted by Gasteiger charge is -2.22. The maximum Gasteiger partial charge on any atom is 0.329 e. The maximum atomic E-state index is 12.5. The predicted molar refractivity (Wildman–Crippen MR) is 96.8 cm³/mol. The molecule has 0 aliphatic heterocycles. The smallest absolute Gasteiger partial charge is 0.329 e. The van der Waals surface area contributed by atoms with Crippen LogP contribution >= 0.6 is 0 Å². The average Bonchev–Trinajstić information content (AvgIpc) is 3.07. The number of rotatable bonds is 6. The van der Waals surface area contributed by atoms with Crippen molar-refractivity contribution < 1.29 is 9.53 Å². The van der Waals surface area contributed by atoms with Gasteiger partial charge >= 0.3 is 5.97 Å². The topological polar surface area (TPSA) is 54.1 Å². The fourth-order valence-electron chi connectivity index (χ4n) is 2.70. The molecule has 4 nitrogen and oxygen atoms in total. The van der Waals surface area contributed by atoms with Crippen molar-refractivity contribution in [3.8, 4) is 0 Å². The number of aromatic amines is 1. The lowest BCUT2D eigenvalue weighted by atomic mass is 10.0. The van der Waals surface area contributed by atoms with E-state index < -0.39 is 6.04 Å². The van der Waals surface area contributed by atoms with Crippen LogP contribution in [0.4, 0.5) is 5.69 Å². The molecule has 0 aliphatic carbocycles. The van der Waals surface area contributed by atoms with Gasteiger partial charge in [-0.05, 0) is 29.7 Å². The molecule has 0 fully saturated rings. The first-order valence-electron chi connectivity index (χ1n) is 8.18. The minimum Gasteiger partial charge on any atom is -0.459 e. The van der Waals surface area contributed by atoms with E-state index in [4.69, 9.17) is 4.74 Å². The van der Waals surface area contributed by atoms with E-state index in [1.807, 2.05) is 74.6 Å². The molecule has 1 heterocycles. The van der Waals surface area contributed by atoms with Crippen molar-refractivity contribution in [1.82, 2.24) is 4.98 Å². The predicted octanol–water partition coefficient (Wildman–Crippen LogP) is 4.35. The standard InChI is InChI=1S/C20H22N2O2/c1-14(2)19(20(23)24-13-15-7-4-3-5-8-15)22-18-10-6-9-17-16(18)11-12-21-17/h3-12,14,19,21-22H,13H2,1-2H3/t19-/m0/s1. The van der Waals surface area contributed by atoms with E-state index in [1.165, 1.54) is 0 Å². The Morgan fingerprint density at radius 2 is 1.88 bits per heavy atom. The van der Waals surface area contributed by atoms with Gasteiger partial charge < -0.3 is 15.0 Å². The lowest BCUT2D eigenvalue weighted by Crippen LogP contribution is -2.36. The van der Waals surface area contributed by atoms with Crippen LogP contribution in [0.2, 0.25) is 0 Å². The number of H-pyrrole nitrogens is 1. The molecule has 24 heavy (non-hydrogen) atoms. The highest BCUT2D eigenvalue weighted by Gasteiger charge is 2.24. The number of ether oxygens (including phenoxy) is 1. The van der Waals surface area contributed by atoms with Crippen LogP contribution in [0.25, 0.3) is 10.9 Å². The summed E-state index contributed by atoms with van der Waals surface area (Å²) in [4.78, 5) is 15.7. The van der Waals surface area contributed by atoms with Gasteiger partial charge in [-0.25, -0.2) is 4.79 Å². The molecular formula is C20H22N2O2. The monoisotopic (exact) mass is 322 g/mol. The number of fused-ring (bicyclic) bond motifs is 1. The van der Waals surface area contributed by atoms with Crippen LogP contribution in [0.1, 0.15) is 19.4 Å². The van der Waals surface area contributed by atoms with Gasteiger partial charge in [0.05, 0.1) is 0 Å². The molecule has 0 amide bonds. The zero-order valence-electron chi connectivity index (χ0n) is 14.0. The number of hydrogen-bond acceptors (Lipinski definition) is 3. The third-order valence-electron chi connectivity index (χ3n) is 4.05. The number of carbonyl (C=O) groups excluding carboxylic acids is 1. The van der Waals surface area contributed by atoms with Crippen molar-refractivity contribution in [3.63, 3.8) is 0 Å². The summed E-state index contributed by atoms with van der Waals surface area (Å²) < 4.78 is 5.51. The summed E-state index contributed by atoms with van der Waals surface area (Å²) in [5.41, 5.74) is 2.96. The highest BCUT2D eigenvalue weighted by Crippen LogP contribution is 2.24. The van der Waals surface area contributed by atoms with Crippen molar-refractivity contribution in [2.45, 2.75) is 26.5 Å². The Balaban J connectivity index is 1.72. The fourth-order valence-corrected chi connectivity index (χ4v) is 2.70. The van der Waals surface area contributed by atoms with Gasteiger partial charge in [0.1, 0.15) is 12.6 Å². The van der Waals surface area contributed by atoms with Crippen LogP contribution in [0, 0.1) is 5.92 Å². The molecular weight excluding hydrogens is 300 g/mol. The van der Waals surface area contributed by atoms with E-state index >= 15 is 0 Å². The number of anilines is 1. The van der Waals surface area contributed by atoms with Crippen LogP contribution in [-0.4, -0.2) is 17.0 Å². The largest absolute Gasteiger partial charge is 0.459 e. The first-order chi connectivity index (χ1) is 11.6. The molecule has 1 aromatic heterocycles. The molecule has 0 bridgehead atoms. The molecule has 2 aromatic carbocycles. The molecule has 0 saturated heterocycles. The Labute approximate surface area is 141 Å². The molecule has 3 rings (SSSR count). The molecule has 0 radical (unpaired) electrons. The SMILES string of the molecule is CC(C)[C@H](Nc1cccc2[nH]ccc12)C(=O)OCc1ccccc1. The number of nitrogens with one attached hydrogen (secondary N) is 2. The number of aromatic nitrogens is 1. The Morgan fingerprint density at radius 3 is 2.62 bits per heavy atom. The van der Waals surface area contributed by atoms with Crippen LogP contribution in [0.5, 0.6) is 0 Å². The second-order valence-electron chi connectivity index (χ2n) is 6.20. The first kappa shape index (κ1) is 16.1. The quantitative estimate of drug-likeness (QED) is 0.663. The van der Waals surface area contributed by atoms with Gasteiger partial charge in [-0.1, -0.05) is 50.2 Å². The first-order valence-corrected chi connectivity index (χ1v) is 8.18. The zero-order chi connectivity index (χ0) is 16.9. The third-order valence-corrected chi connectivity index (χ3v) is 4.05. The van der Waals surface area contributed by atoms with E-state index in [2.05, 4.69) is 10.3 Å². The van der Waals surface area contributed by atoms with Crippen molar-refractivity contribution in [3.05, 3.63) is 66.4 Å². The van der Waals surface area contributed by atoms with Crippen LogP contribution in [-0.2, 0) is 16.1 Å². The second-order valence-corrected chi connectivity index (χ2v) is 6.20. The molecule has 0 spiro atoms. The molecule has 0 unspecified atom stereocenters. The molecule has 0 saturated carbocycles. The van der Waals surface area contributed by atoms with Crippen molar-refractivity contribution >= 4 is 22.6 Å². The summed E-state index contributed by atoms with van der Waals surface area (Å²) in [6.07, 6.45) is 1.90. The molecule has 0 aliphatic rings. The number of benzene rings is 2. The molecule has 4 heteroatoms. The Morgan fingerprint density at radius 1 is 1.08 bits per heavy atom. The molecule has 3 aromatic rings. The van der Waals surface area contributed by atoms with E-state index in [1.54, 1.807) is 0 Å². The summed E-state index contributed by atoms with van der Waals surface area (Å²) in [5.74, 6) is -0.121.